The van der Waals surface area contributed by atoms with Crippen LogP contribution in [0.1, 0.15) is 12.5 Å². The van der Waals surface area contributed by atoms with E-state index in [1.54, 1.807) is 0 Å². The van der Waals surface area contributed by atoms with Gasteiger partial charge in [0.1, 0.15) is 11.2 Å². The van der Waals surface area contributed by atoms with E-state index >= 15 is 0 Å². The van der Waals surface area contributed by atoms with Gasteiger partial charge in [0, 0.05) is 10.7 Å². The van der Waals surface area contributed by atoms with Crippen molar-refractivity contribution in [3.05, 3.63) is 57.2 Å². The Morgan fingerprint density at radius 2 is 1.89 bits per heavy atom. The number of halogens is 4. The minimum Gasteiger partial charge on any atom is -0.268 e. The zero-order valence-electron chi connectivity index (χ0n) is 13.7. The maximum absolute atomic E-state index is 13.0. The Labute approximate surface area is 159 Å². The summed E-state index contributed by atoms with van der Waals surface area (Å²) in [5.41, 5.74) is -1.80. The molecular weight excluding hydrogens is 451 g/mol. The van der Waals surface area contributed by atoms with Crippen molar-refractivity contribution < 1.29 is 21.6 Å². The van der Waals surface area contributed by atoms with Crippen LogP contribution in [0.4, 0.5) is 13.2 Å². The number of pyridine rings is 1. The first-order valence-corrected chi connectivity index (χ1v) is 9.96. The molecule has 142 valence electrons. The largest absolute Gasteiger partial charge is 0.416 e. The number of benzene rings is 1. The Bertz CT molecular complexity index is 1210. The second kappa shape index (κ2) is 6.71. The van der Waals surface area contributed by atoms with Crippen LogP contribution >= 0.6 is 15.9 Å². The normalized spacial score (nSPS) is 12.5. The Balaban J connectivity index is 2.34. The highest BCUT2D eigenvalue weighted by Gasteiger charge is 2.31. The molecular formula is C16H11BrF3N3O3S. The molecule has 0 saturated heterocycles. The summed E-state index contributed by atoms with van der Waals surface area (Å²) < 4.78 is 64.8. The Morgan fingerprint density at radius 3 is 2.52 bits per heavy atom. The molecule has 11 heteroatoms. The van der Waals surface area contributed by atoms with E-state index in [0.717, 1.165) is 23.0 Å². The summed E-state index contributed by atoms with van der Waals surface area (Å²) in [5.74, 6) is -0.469. The minimum atomic E-state index is -4.63. The van der Waals surface area contributed by atoms with Gasteiger partial charge in [-0.05, 0) is 40.2 Å². The summed E-state index contributed by atoms with van der Waals surface area (Å²) in [5, 5.41) is -0.295. The lowest BCUT2D eigenvalue weighted by molar-refractivity contribution is -0.137. The lowest BCUT2D eigenvalue weighted by Crippen LogP contribution is -2.23. The van der Waals surface area contributed by atoms with Crippen molar-refractivity contribution in [3.8, 4) is 5.82 Å². The van der Waals surface area contributed by atoms with Crippen molar-refractivity contribution >= 4 is 36.7 Å². The molecule has 27 heavy (non-hydrogen) atoms. The molecule has 0 saturated carbocycles. The summed E-state index contributed by atoms with van der Waals surface area (Å²) in [6.07, 6.45) is -2.30. The smallest absolute Gasteiger partial charge is 0.268 e. The molecule has 0 unspecified atom stereocenters. The predicted octanol–water partition coefficient (Wildman–Crippen LogP) is 3.36. The Morgan fingerprint density at radius 1 is 1.19 bits per heavy atom. The van der Waals surface area contributed by atoms with Crippen LogP contribution in [0.25, 0.3) is 16.7 Å². The third-order valence-electron chi connectivity index (χ3n) is 3.83. The van der Waals surface area contributed by atoms with Gasteiger partial charge >= 0.3 is 6.18 Å². The molecule has 0 bridgehead atoms. The van der Waals surface area contributed by atoms with Gasteiger partial charge in [-0.2, -0.15) is 13.2 Å². The zero-order chi connectivity index (χ0) is 20.0. The van der Waals surface area contributed by atoms with Gasteiger partial charge < -0.3 is 0 Å². The fourth-order valence-corrected chi connectivity index (χ4v) is 3.96. The first-order chi connectivity index (χ1) is 12.5. The first kappa shape index (κ1) is 19.5. The maximum atomic E-state index is 13.0. The highest BCUT2D eigenvalue weighted by Crippen LogP contribution is 2.30. The van der Waals surface area contributed by atoms with E-state index < -0.39 is 27.1 Å². The van der Waals surface area contributed by atoms with Gasteiger partial charge in [0.05, 0.1) is 22.2 Å². The first-order valence-electron chi connectivity index (χ1n) is 7.52. The number of hydrogen-bond acceptors (Lipinski definition) is 5. The molecule has 6 nitrogen and oxygen atoms in total. The third kappa shape index (κ3) is 3.61. The summed E-state index contributed by atoms with van der Waals surface area (Å²) in [6, 6.07) is 3.88. The molecule has 2 heterocycles. The quantitative estimate of drug-likeness (QED) is 0.597. The van der Waals surface area contributed by atoms with E-state index in [4.69, 9.17) is 0 Å². The fourth-order valence-electron chi connectivity index (χ4n) is 2.43. The maximum Gasteiger partial charge on any atom is 0.416 e. The standard InChI is InChI=1S/C16H11BrF3N3O3S/c1-2-27(25,26)13-6-10(17)7-21-14(13)23-8-22-12-4-3-9(16(18,19)20)5-11(12)15(23)24/h3-8H,2H2,1H3. The Kier molecular flexibility index (Phi) is 4.85. The topological polar surface area (TPSA) is 81.9 Å². The summed E-state index contributed by atoms with van der Waals surface area (Å²) >= 11 is 3.13. The lowest BCUT2D eigenvalue weighted by atomic mass is 10.1. The van der Waals surface area contributed by atoms with Crippen molar-refractivity contribution in [2.75, 3.05) is 5.75 Å². The van der Waals surface area contributed by atoms with Crippen molar-refractivity contribution in [2.45, 2.75) is 18.0 Å². The minimum absolute atomic E-state index is 0.0567. The van der Waals surface area contributed by atoms with Crippen LogP contribution in [0.15, 0.2) is 51.0 Å². The molecule has 0 radical (unpaired) electrons. The molecule has 3 aromatic rings. The van der Waals surface area contributed by atoms with Gasteiger partial charge in [0.25, 0.3) is 5.56 Å². The van der Waals surface area contributed by atoms with Crippen LogP contribution < -0.4 is 5.56 Å². The average molecular weight is 462 g/mol. The zero-order valence-corrected chi connectivity index (χ0v) is 16.1. The van der Waals surface area contributed by atoms with E-state index in [1.165, 1.54) is 19.2 Å². The second-order valence-corrected chi connectivity index (χ2v) is 8.69. The number of alkyl halides is 3. The van der Waals surface area contributed by atoms with E-state index in [9.17, 15) is 26.4 Å². The predicted molar refractivity (Wildman–Crippen MR) is 95.6 cm³/mol. The van der Waals surface area contributed by atoms with Crippen LogP contribution in [0, 0.1) is 0 Å². The molecule has 0 aliphatic rings. The monoisotopic (exact) mass is 461 g/mol. The third-order valence-corrected chi connectivity index (χ3v) is 5.99. The molecule has 0 aliphatic heterocycles. The summed E-state index contributed by atoms with van der Waals surface area (Å²) in [4.78, 5) is 20.5. The van der Waals surface area contributed by atoms with Gasteiger partial charge in [-0.15, -0.1) is 0 Å². The van der Waals surface area contributed by atoms with Crippen molar-refractivity contribution in [1.29, 1.82) is 0 Å². The number of rotatable bonds is 3. The number of nitrogens with zero attached hydrogens (tertiary/aromatic N) is 3. The second-order valence-electron chi connectivity index (χ2n) is 5.53. The molecule has 0 N–H and O–H groups in total. The molecule has 0 fully saturated rings. The molecule has 0 spiro atoms. The molecule has 0 atom stereocenters. The number of aromatic nitrogens is 3. The van der Waals surface area contributed by atoms with E-state index in [0.29, 0.717) is 10.5 Å². The SMILES string of the molecule is CCS(=O)(=O)c1cc(Br)cnc1-n1cnc2ccc(C(F)(F)F)cc2c1=O. The number of sulfone groups is 1. The van der Waals surface area contributed by atoms with Crippen molar-refractivity contribution in [1.82, 2.24) is 14.5 Å². The summed E-state index contributed by atoms with van der Waals surface area (Å²) in [6.45, 7) is 1.43. The molecule has 1 aromatic carbocycles. The van der Waals surface area contributed by atoms with Gasteiger partial charge in [-0.25, -0.2) is 23.0 Å². The van der Waals surface area contributed by atoms with E-state index in [-0.39, 0.29) is 27.4 Å². The molecule has 3 rings (SSSR count). The lowest BCUT2D eigenvalue weighted by Gasteiger charge is -2.12. The van der Waals surface area contributed by atoms with Crippen LogP contribution in [-0.2, 0) is 16.0 Å². The fraction of sp³-hybridized carbons (Fsp3) is 0.188. The number of hydrogen-bond donors (Lipinski definition) is 0. The average Bonchev–Trinajstić information content (AvgIpc) is 2.61. The van der Waals surface area contributed by atoms with E-state index in [2.05, 4.69) is 25.9 Å². The van der Waals surface area contributed by atoms with E-state index in [1.807, 2.05) is 0 Å². The highest BCUT2D eigenvalue weighted by molar-refractivity contribution is 9.10. The highest BCUT2D eigenvalue weighted by atomic mass is 79.9. The van der Waals surface area contributed by atoms with Crippen LogP contribution in [0.5, 0.6) is 0 Å². The number of fused-ring (bicyclic) bond motifs is 1. The van der Waals surface area contributed by atoms with Crippen molar-refractivity contribution in [3.63, 3.8) is 0 Å². The van der Waals surface area contributed by atoms with Gasteiger partial charge in [0.2, 0.25) is 0 Å². The van der Waals surface area contributed by atoms with Gasteiger partial charge in [0.15, 0.2) is 15.7 Å². The molecule has 0 aliphatic carbocycles. The van der Waals surface area contributed by atoms with Gasteiger partial charge in [-0.3, -0.25) is 4.79 Å². The molecule has 2 aromatic heterocycles. The van der Waals surface area contributed by atoms with Crippen LogP contribution in [-0.4, -0.2) is 28.7 Å². The van der Waals surface area contributed by atoms with Crippen LogP contribution in [0.3, 0.4) is 0 Å². The van der Waals surface area contributed by atoms with Crippen molar-refractivity contribution in [2.24, 2.45) is 0 Å². The summed E-state index contributed by atoms with van der Waals surface area (Å²) in [7, 11) is -3.76. The Hall–Kier alpha value is -2.27. The van der Waals surface area contributed by atoms with Gasteiger partial charge in [-0.1, -0.05) is 6.92 Å². The van der Waals surface area contributed by atoms with Crippen LogP contribution in [0.2, 0.25) is 0 Å². The molecule has 0 amide bonds.